The lowest BCUT2D eigenvalue weighted by Crippen LogP contribution is -2.41. The smallest absolute Gasteiger partial charge is 0.0864 e. The second-order valence-electron chi connectivity index (χ2n) is 6.42. The van der Waals surface area contributed by atoms with E-state index in [4.69, 9.17) is 4.74 Å². The van der Waals surface area contributed by atoms with E-state index in [1.807, 2.05) is 0 Å². The Labute approximate surface area is 104 Å². The highest BCUT2D eigenvalue weighted by Gasteiger charge is 2.44. The molecule has 0 amide bonds. The monoisotopic (exact) mass is 230 g/mol. The molecule has 1 heteroatoms. The standard InChI is InChI=1S/C16H22O/c1-11-8-9-14-15(17-11)13-7-5-4-6-12(13)10-16(14,2)3/h4-7,11,14-15H,8-10H2,1-3H3/t11-,14+,15-/m0/s1. The Morgan fingerprint density at radius 2 is 1.94 bits per heavy atom. The molecule has 0 radical (unpaired) electrons. The predicted molar refractivity (Wildman–Crippen MR) is 69.9 cm³/mol. The third-order valence-electron chi connectivity index (χ3n) is 4.64. The molecule has 1 aromatic carbocycles. The van der Waals surface area contributed by atoms with Gasteiger partial charge in [0.15, 0.2) is 0 Å². The van der Waals surface area contributed by atoms with Crippen molar-refractivity contribution >= 4 is 0 Å². The Bertz CT molecular complexity index is 421. The van der Waals surface area contributed by atoms with Crippen molar-refractivity contribution in [3.8, 4) is 0 Å². The van der Waals surface area contributed by atoms with E-state index in [0.29, 0.717) is 23.5 Å². The second kappa shape index (κ2) is 3.84. The summed E-state index contributed by atoms with van der Waals surface area (Å²) in [5.74, 6) is 0.689. The van der Waals surface area contributed by atoms with Gasteiger partial charge >= 0.3 is 0 Å². The van der Waals surface area contributed by atoms with E-state index in [-0.39, 0.29) is 0 Å². The van der Waals surface area contributed by atoms with Gasteiger partial charge in [0.05, 0.1) is 12.2 Å². The summed E-state index contributed by atoms with van der Waals surface area (Å²) in [5.41, 5.74) is 3.32. The first-order chi connectivity index (χ1) is 8.08. The summed E-state index contributed by atoms with van der Waals surface area (Å²) in [6.07, 6.45) is 4.47. The van der Waals surface area contributed by atoms with E-state index in [1.165, 1.54) is 30.4 Å². The van der Waals surface area contributed by atoms with E-state index in [0.717, 1.165) is 0 Å². The number of fused-ring (bicyclic) bond motifs is 3. The minimum atomic E-state index is 0.332. The number of ether oxygens (including phenoxy) is 1. The van der Waals surface area contributed by atoms with Crippen LogP contribution in [0.1, 0.15) is 50.8 Å². The Morgan fingerprint density at radius 1 is 1.18 bits per heavy atom. The fourth-order valence-corrected chi connectivity index (χ4v) is 3.66. The number of rotatable bonds is 0. The molecule has 1 aliphatic carbocycles. The molecule has 3 rings (SSSR count). The second-order valence-corrected chi connectivity index (χ2v) is 6.42. The molecule has 1 saturated heterocycles. The summed E-state index contributed by atoms with van der Waals surface area (Å²) in [4.78, 5) is 0. The lowest BCUT2D eigenvalue weighted by atomic mass is 9.63. The molecule has 92 valence electrons. The van der Waals surface area contributed by atoms with Gasteiger partial charge < -0.3 is 4.74 Å². The Balaban J connectivity index is 2.05. The van der Waals surface area contributed by atoms with E-state index in [2.05, 4.69) is 45.0 Å². The summed E-state index contributed by atoms with van der Waals surface area (Å²) in [7, 11) is 0. The number of benzene rings is 1. The van der Waals surface area contributed by atoms with Gasteiger partial charge in [-0.25, -0.2) is 0 Å². The van der Waals surface area contributed by atoms with Gasteiger partial charge in [-0.05, 0) is 48.6 Å². The fraction of sp³-hybridized carbons (Fsp3) is 0.625. The van der Waals surface area contributed by atoms with Crippen LogP contribution in [-0.2, 0) is 11.2 Å². The highest BCUT2D eigenvalue weighted by molar-refractivity contribution is 5.34. The molecule has 1 nitrogen and oxygen atoms in total. The van der Waals surface area contributed by atoms with Crippen molar-refractivity contribution < 1.29 is 4.74 Å². The highest BCUT2D eigenvalue weighted by Crippen LogP contribution is 2.52. The molecule has 2 aliphatic rings. The van der Waals surface area contributed by atoms with Crippen LogP contribution < -0.4 is 0 Å². The van der Waals surface area contributed by atoms with Crippen molar-refractivity contribution in [2.24, 2.45) is 11.3 Å². The van der Waals surface area contributed by atoms with Crippen molar-refractivity contribution in [1.82, 2.24) is 0 Å². The van der Waals surface area contributed by atoms with Crippen molar-refractivity contribution in [2.75, 3.05) is 0 Å². The van der Waals surface area contributed by atoms with Crippen LogP contribution in [0, 0.1) is 11.3 Å². The molecular formula is C16H22O. The maximum Gasteiger partial charge on any atom is 0.0864 e. The minimum Gasteiger partial charge on any atom is -0.370 e. The molecule has 0 N–H and O–H groups in total. The van der Waals surface area contributed by atoms with Crippen molar-refractivity contribution in [1.29, 1.82) is 0 Å². The molecule has 1 fully saturated rings. The van der Waals surface area contributed by atoms with Crippen LogP contribution in [-0.4, -0.2) is 6.10 Å². The van der Waals surface area contributed by atoms with Crippen LogP contribution in [0.25, 0.3) is 0 Å². The molecule has 0 unspecified atom stereocenters. The molecular weight excluding hydrogens is 208 g/mol. The van der Waals surface area contributed by atoms with Crippen LogP contribution >= 0.6 is 0 Å². The normalized spacial score (nSPS) is 34.9. The third-order valence-corrected chi connectivity index (χ3v) is 4.64. The molecule has 3 atom stereocenters. The number of hydrogen-bond acceptors (Lipinski definition) is 1. The van der Waals surface area contributed by atoms with Crippen molar-refractivity contribution in [2.45, 2.75) is 52.2 Å². The molecule has 1 aliphatic heterocycles. The predicted octanol–water partition coefficient (Wildman–Crippen LogP) is 4.13. The molecule has 17 heavy (non-hydrogen) atoms. The average molecular weight is 230 g/mol. The van der Waals surface area contributed by atoms with Gasteiger partial charge in [-0.2, -0.15) is 0 Å². The zero-order valence-electron chi connectivity index (χ0n) is 11.1. The lowest BCUT2D eigenvalue weighted by molar-refractivity contribution is -0.117. The highest BCUT2D eigenvalue weighted by atomic mass is 16.5. The zero-order valence-corrected chi connectivity index (χ0v) is 11.1. The maximum atomic E-state index is 6.25. The molecule has 0 bridgehead atoms. The van der Waals surface area contributed by atoms with E-state index >= 15 is 0 Å². The van der Waals surface area contributed by atoms with Gasteiger partial charge in [-0.3, -0.25) is 0 Å². The largest absolute Gasteiger partial charge is 0.370 e. The maximum absolute atomic E-state index is 6.25. The number of hydrogen-bond donors (Lipinski definition) is 0. The molecule has 1 aromatic rings. The summed E-state index contributed by atoms with van der Waals surface area (Å²) in [6.45, 7) is 7.01. The van der Waals surface area contributed by atoms with E-state index < -0.39 is 0 Å². The van der Waals surface area contributed by atoms with Gasteiger partial charge in [-0.15, -0.1) is 0 Å². The van der Waals surface area contributed by atoms with Crippen LogP contribution in [0.3, 0.4) is 0 Å². The van der Waals surface area contributed by atoms with Crippen LogP contribution in [0.4, 0.5) is 0 Å². The van der Waals surface area contributed by atoms with Crippen molar-refractivity contribution in [3.05, 3.63) is 35.4 Å². The van der Waals surface area contributed by atoms with E-state index in [9.17, 15) is 0 Å². The Morgan fingerprint density at radius 3 is 2.76 bits per heavy atom. The zero-order chi connectivity index (χ0) is 12.0. The van der Waals surface area contributed by atoms with Gasteiger partial charge in [-0.1, -0.05) is 38.1 Å². The third kappa shape index (κ3) is 1.81. The van der Waals surface area contributed by atoms with Gasteiger partial charge in [0.1, 0.15) is 0 Å². The Kier molecular flexibility index (Phi) is 2.55. The SMILES string of the molecule is C[C@H]1CC[C@@H]2[C@@H](O1)c1ccccc1CC2(C)C. The van der Waals surface area contributed by atoms with Gasteiger partial charge in [0.2, 0.25) is 0 Å². The molecule has 0 saturated carbocycles. The first kappa shape index (κ1) is 11.3. The van der Waals surface area contributed by atoms with Gasteiger partial charge in [0, 0.05) is 0 Å². The molecule has 0 spiro atoms. The quantitative estimate of drug-likeness (QED) is 0.651. The van der Waals surface area contributed by atoms with Crippen LogP contribution in [0.5, 0.6) is 0 Å². The van der Waals surface area contributed by atoms with Crippen molar-refractivity contribution in [3.63, 3.8) is 0 Å². The molecule has 0 aromatic heterocycles. The fourth-order valence-electron chi connectivity index (χ4n) is 3.66. The van der Waals surface area contributed by atoms with E-state index in [1.54, 1.807) is 0 Å². The van der Waals surface area contributed by atoms with Crippen LogP contribution in [0.2, 0.25) is 0 Å². The summed E-state index contributed by atoms with van der Waals surface area (Å²) >= 11 is 0. The molecule has 1 heterocycles. The average Bonchev–Trinajstić information content (AvgIpc) is 2.28. The summed E-state index contributed by atoms with van der Waals surface area (Å²) in [6, 6.07) is 8.84. The summed E-state index contributed by atoms with van der Waals surface area (Å²) < 4.78 is 6.25. The summed E-state index contributed by atoms with van der Waals surface area (Å²) in [5, 5.41) is 0. The topological polar surface area (TPSA) is 9.23 Å². The lowest BCUT2D eigenvalue weighted by Gasteiger charge is -2.48. The minimum absolute atomic E-state index is 0.332. The first-order valence-corrected chi connectivity index (χ1v) is 6.81. The van der Waals surface area contributed by atoms with Crippen LogP contribution in [0.15, 0.2) is 24.3 Å². The first-order valence-electron chi connectivity index (χ1n) is 6.81. The Hall–Kier alpha value is -0.820. The van der Waals surface area contributed by atoms with Gasteiger partial charge in [0.25, 0.3) is 0 Å².